The highest BCUT2D eigenvalue weighted by molar-refractivity contribution is 6.11. The van der Waals surface area contributed by atoms with Gasteiger partial charge in [-0.25, -0.2) is 19.1 Å². The summed E-state index contributed by atoms with van der Waals surface area (Å²) < 4.78 is 24.9. The van der Waals surface area contributed by atoms with Gasteiger partial charge in [0.1, 0.15) is 23.4 Å². The van der Waals surface area contributed by atoms with Crippen molar-refractivity contribution >= 4 is 29.2 Å². The van der Waals surface area contributed by atoms with Crippen molar-refractivity contribution < 1.29 is 23.5 Å². The van der Waals surface area contributed by atoms with E-state index < -0.39 is 17.6 Å². The molecule has 4 aliphatic heterocycles. The number of ether oxygens (including phenoxy) is 2. The van der Waals surface area contributed by atoms with E-state index in [1.807, 2.05) is 35.4 Å². The third-order valence-corrected chi connectivity index (χ3v) is 7.78. The Morgan fingerprint density at radius 3 is 2.71 bits per heavy atom. The Kier molecular flexibility index (Phi) is 7.24. The number of allylic oxidation sites excluding steroid dienone is 2. The van der Waals surface area contributed by atoms with Crippen molar-refractivity contribution in [3.8, 4) is 0 Å². The van der Waals surface area contributed by atoms with Crippen molar-refractivity contribution in [2.45, 2.75) is 52.0 Å². The van der Waals surface area contributed by atoms with E-state index in [1.165, 1.54) is 12.2 Å². The van der Waals surface area contributed by atoms with Crippen molar-refractivity contribution in [1.29, 1.82) is 0 Å². The molecular weight excluding hydrogens is 539 g/mol. The van der Waals surface area contributed by atoms with Crippen LogP contribution in [0, 0.1) is 0 Å². The fourth-order valence-corrected chi connectivity index (χ4v) is 5.61. The molecule has 0 spiro atoms. The van der Waals surface area contributed by atoms with Crippen LogP contribution < -0.4 is 10.6 Å². The maximum absolute atomic E-state index is 13.9. The maximum Gasteiger partial charge on any atom is 0.417 e. The monoisotopic (exact) mass is 574 g/mol. The molecule has 10 nitrogen and oxygen atoms in total. The number of imide groups is 1. The number of fused-ring (bicyclic) bond motifs is 2. The molecule has 0 radical (unpaired) electrons. The van der Waals surface area contributed by atoms with Gasteiger partial charge in [-0.15, -0.1) is 0 Å². The molecule has 1 aromatic carbocycles. The first-order valence-corrected chi connectivity index (χ1v) is 14.1. The number of halogens is 1. The number of carbonyl (C=O) groups is 2. The summed E-state index contributed by atoms with van der Waals surface area (Å²) in [5, 5.41) is 6.47. The molecule has 2 aromatic rings. The largest absolute Gasteiger partial charge is 0.443 e. The SMILES string of the molecule is CC(c1ccc(Nc2ccc(C3=CNC4C=C(F)C=CN34)c3c2C(=O)N(C(=O)OC(C)(C)C)C3)nc1)N1CCOCC1. The Morgan fingerprint density at radius 2 is 2.00 bits per heavy atom. The number of rotatable bonds is 5. The number of hydrogen-bond acceptors (Lipinski definition) is 9. The number of morpholine rings is 1. The number of nitrogens with one attached hydrogen (secondary N) is 2. The second-order valence-corrected chi connectivity index (χ2v) is 11.7. The lowest BCUT2D eigenvalue weighted by atomic mass is 9.98. The van der Waals surface area contributed by atoms with E-state index in [9.17, 15) is 14.0 Å². The zero-order chi connectivity index (χ0) is 29.6. The van der Waals surface area contributed by atoms with Crippen LogP contribution in [-0.4, -0.2) is 69.8 Å². The predicted octanol–water partition coefficient (Wildman–Crippen LogP) is 5.02. The van der Waals surface area contributed by atoms with Crippen LogP contribution in [-0.2, 0) is 16.0 Å². The number of pyridine rings is 1. The molecule has 1 aromatic heterocycles. The van der Waals surface area contributed by atoms with Crippen LogP contribution >= 0.6 is 0 Å². The molecule has 2 amide bonds. The summed E-state index contributed by atoms with van der Waals surface area (Å²) in [6.45, 7) is 10.7. The Hall–Kier alpha value is -4.22. The molecule has 42 heavy (non-hydrogen) atoms. The molecule has 0 aliphatic carbocycles. The normalized spacial score (nSPS) is 20.9. The highest BCUT2D eigenvalue weighted by Crippen LogP contribution is 2.40. The molecule has 1 saturated heterocycles. The lowest BCUT2D eigenvalue weighted by molar-refractivity contribution is 0.0198. The van der Waals surface area contributed by atoms with E-state index in [0.29, 0.717) is 22.6 Å². The van der Waals surface area contributed by atoms with Crippen molar-refractivity contribution in [3.63, 3.8) is 0 Å². The molecule has 4 aliphatic rings. The molecule has 2 N–H and O–H groups in total. The number of hydrogen-bond donors (Lipinski definition) is 2. The number of aromatic nitrogens is 1. The fourth-order valence-electron chi connectivity index (χ4n) is 5.61. The average molecular weight is 575 g/mol. The van der Waals surface area contributed by atoms with Crippen LogP contribution in [0.4, 0.5) is 20.7 Å². The molecule has 2 unspecified atom stereocenters. The van der Waals surface area contributed by atoms with Gasteiger partial charge in [-0.05, 0) is 63.1 Å². The Balaban J connectivity index is 1.31. The van der Waals surface area contributed by atoms with E-state index in [2.05, 4.69) is 27.4 Å². The quantitative estimate of drug-likeness (QED) is 0.510. The van der Waals surface area contributed by atoms with Gasteiger partial charge in [-0.3, -0.25) is 9.69 Å². The number of anilines is 2. The third-order valence-electron chi connectivity index (χ3n) is 7.78. The molecular formula is C31H35FN6O4. The van der Waals surface area contributed by atoms with Gasteiger partial charge < -0.3 is 25.0 Å². The molecule has 5 heterocycles. The molecule has 11 heteroatoms. The predicted molar refractivity (Wildman–Crippen MR) is 156 cm³/mol. The maximum atomic E-state index is 13.9. The van der Waals surface area contributed by atoms with Crippen LogP contribution in [0.15, 0.2) is 60.8 Å². The highest BCUT2D eigenvalue weighted by Gasteiger charge is 2.40. The van der Waals surface area contributed by atoms with E-state index in [1.54, 1.807) is 33.2 Å². The summed E-state index contributed by atoms with van der Waals surface area (Å²) in [6, 6.07) is 7.84. The van der Waals surface area contributed by atoms with Gasteiger partial charge in [0.25, 0.3) is 5.91 Å². The van der Waals surface area contributed by atoms with Gasteiger partial charge in [0.05, 0.1) is 36.7 Å². The van der Waals surface area contributed by atoms with Gasteiger partial charge in [-0.2, -0.15) is 0 Å². The van der Waals surface area contributed by atoms with E-state index in [-0.39, 0.29) is 24.6 Å². The van der Waals surface area contributed by atoms with Gasteiger partial charge in [-0.1, -0.05) is 12.1 Å². The summed E-state index contributed by atoms with van der Waals surface area (Å²) >= 11 is 0. The molecule has 220 valence electrons. The molecule has 1 fully saturated rings. The summed E-state index contributed by atoms with van der Waals surface area (Å²) in [5.74, 6) is -0.204. The van der Waals surface area contributed by atoms with Crippen LogP contribution in [0.2, 0.25) is 0 Å². The topological polar surface area (TPSA) is 99.3 Å². The Bertz CT molecular complexity index is 1490. The summed E-state index contributed by atoms with van der Waals surface area (Å²) in [6.07, 6.45) is 7.09. The number of amides is 2. The minimum Gasteiger partial charge on any atom is -0.443 e. The van der Waals surface area contributed by atoms with Crippen molar-refractivity contribution in [2.75, 3.05) is 31.6 Å². The molecule has 6 rings (SSSR count). The summed E-state index contributed by atoms with van der Waals surface area (Å²) in [4.78, 5) is 36.9. The van der Waals surface area contributed by atoms with Gasteiger partial charge in [0.15, 0.2) is 0 Å². The van der Waals surface area contributed by atoms with Gasteiger partial charge >= 0.3 is 6.09 Å². The van der Waals surface area contributed by atoms with Crippen LogP contribution in [0.1, 0.15) is 60.8 Å². The Morgan fingerprint density at radius 1 is 1.21 bits per heavy atom. The number of carbonyl (C=O) groups excluding carboxylic acids is 2. The summed E-state index contributed by atoms with van der Waals surface area (Å²) in [7, 11) is 0. The van der Waals surface area contributed by atoms with E-state index in [4.69, 9.17) is 9.47 Å². The zero-order valence-electron chi connectivity index (χ0n) is 24.2. The Labute approximate surface area is 244 Å². The van der Waals surface area contributed by atoms with E-state index >= 15 is 0 Å². The highest BCUT2D eigenvalue weighted by atomic mass is 19.1. The second-order valence-electron chi connectivity index (χ2n) is 11.7. The number of nitrogens with zero attached hydrogens (tertiary/aromatic N) is 4. The van der Waals surface area contributed by atoms with Crippen LogP contribution in [0.5, 0.6) is 0 Å². The molecule has 0 bridgehead atoms. The van der Waals surface area contributed by atoms with Crippen molar-refractivity contribution in [2.24, 2.45) is 0 Å². The first-order valence-electron chi connectivity index (χ1n) is 14.1. The van der Waals surface area contributed by atoms with Crippen molar-refractivity contribution in [1.82, 2.24) is 25.0 Å². The lowest BCUT2D eigenvalue weighted by Gasteiger charge is -2.32. The van der Waals surface area contributed by atoms with E-state index in [0.717, 1.165) is 48.0 Å². The van der Waals surface area contributed by atoms with Crippen molar-refractivity contribution in [3.05, 3.63) is 83.1 Å². The third kappa shape index (κ3) is 5.37. The standard InChI is InChI=1S/C31H35FN6O4/c1-19(36-11-13-41-14-12-36)20-5-8-26(33-16-20)35-24-7-6-22(25-17-34-27-15-21(32)9-10-37(25)27)23-18-38(29(39)28(23)24)30(40)42-31(2,3)4/h5-10,15-17,19,27,34H,11-14,18H2,1-4H3,(H,33,35). The first-order chi connectivity index (χ1) is 20.1. The number of benzene rings is 1. The van der Waals surface area contributed by atoms with Gasteiger partial charge in [0, 0.05) is 43.3 Å². The molecule has 0 saturated carbocycles. The minimum absolute atomic E-state index is 0.0428. The summed E-state index contributed by atoms with van der Waals surface area (Å²) in [5.41, 5.74) is 3.43. The average Bonchev–Trinajstić information content (AvgIpc) is 3.54. The smallest absolute Gasteiger partial charge is 0.417 e. The van der Waals surface area contributed by atoms with Crippen LogP contribution in [0.25, 0.3) is 5.70 Å². The lowest BCUT2D eigenvalue weighted by Crippen LogP contribution is -2.38. The molecule has 2 atom stereocenters. The second kappa shape index (κ2) is 10.9. The van der Waals surface area contributed by atoms with Gasteiger partial charge in [0.2, 0.25) is 0 Å². The zero-order valence-corrected chi connectivity index (χ0v) is 24.2. The minimum atomic E-state index is -0.764. The van der Waals surface area contributed by atoms with Crippen LogP contribution in [0.3, 0.4) is 0 Å². The first kappa shape index (κ1) is 27.9. The fraction of sp³-hybridized carbons (Fsp3) is 0.387.